The summed E-state index contributed by atoms with van der Waals surface area (Å²) in [6, 6.07) is 10.9. The van der Waals surface area contributed by atoms with Crippen molar-refractivity contribution in [3.8, 4) is 5.75 Å². The first kappa shape index (κ1) is 13.7. The van der Waals surface area contributed by atoms with Crippen LogP contribution in [0.2, 0.25) is 0 Å². The molecule has 1 aromatic heterocycles. The summed E-state index contributed by atoms with van der Waals surface area (Å²) in [5.74, 6) is 1.01. The third kappa shape index (κ3) is 3.22. The molecular weight excluding hydrogens is 266 g/mol. The van der Waals surface area contributed by atoms with Crippen LogP contribution in [0.15, 0.2) is 30.3 Å². The maximum atomic E-state index is 5.94. The van der Waals surface area contributed by atoms with Crippen molar-refractivity contribution in [3.05, 3.63) is 51.2 Å². The highest BCUT2D eigenvalue weighted by Crippen LogP contribution is 2.26. The van der Waals surface area contributed by atoms with Crippen LogP contribution in [0, 0.1) is 0 Å². The smallest absolute Gasteiger partial charge is 0.122 e. The van der Waals surface area contributed by atoms with Crippen LogP contribution in [0.4, 0.5) is 0 Å². The molecule has 1 heterocycles. The van der Waals surface area contributed by atoms with Crippen molar-refractivity contribution in [2.75, 3.05) is 7.05 Å². The molecule has 1 N–H and O–H groups in total. The molecule has 0 saturated heterocycles. The molecule has 3 heteroatoms. The maximum Gasteiger partial charge on any atom is 0.122 e. The standard InChI is InChI=1S/C17H21NOS/c1-18-11-16-8-9-17(20-16)12-19-15-7-6-13-4-2-3-5-14(13)10-15/h6-10,18H,2-5,11-12H2,1H3. The number of benzene rings is 1. The van der Waals surface area contributed by atoms with Gasteiger partial charge in [-0.25, -0.2) is 0 Å². The predicted molar refractivity (Wildman–Crippen MR) is 84.5 cm³/mol. The Bertz CT molecular complexity index is 576. The summed E-state index contributed by atoms with van der Waals surface area (Å²) in [6.07, 6.45) is 5.08. The lowest BCUT2D eigenvalue weighted by Crippen LogP contribution is -2.03. The van der Waals surface area contributed by atoms with Gasteiger partial charge in [-0.3, -0.25) is 0 Å². The molecule has 0 unspecified atom stereocenters. The summed E-state index contributed by atoms with van der Waals surface area (Å²) in [4.78, 5) is 2.64. The molecule has 2 nitrogen and oxygen atoms in total. The number of nitrogens with one attached hydrogen (secondary N) is 1. The van der Waals surface area contributed by atoms with Crippen molar-refractivity contribution < 1.29 is 4.74 Å². The molecular formula is C17H21NOS. The van der Waals surface area contributed by atoms with Gasteiger partial charge in [0.1, 0.15) is 12.4 Å². The fourth-order valence-corrected chi connectivity index (χ4v) is 3.67. The molecule has 0 atom stereocenters. The highest BCUT2D eigenvalue weighted by atomic mass is 32.1. The Morgan fingerprint density at radius 2 is 1.85 bits per heavy atom. The van der Waals surface area contributed by atoms with Gasteiger partial charge in [0, 0.05) is 16.3 Å². The molecule has 0 bridgehead atoms. The van der Waals surface area contributed by atoms with Crippen molar-refractivity contribution in [1.82, 2.24) is 5.32 Å². The zero-order valence-corrected chi connectivity index (χ0v) is 12.8. The highest BCUT2D eigenvalue weighted by molar-refractivity contribution is 7.11. The van der Waals surface area contributed by atoms with Crippen LogP contribution < -0.4 is 10.1 Å². The number of hydrogen-bond donors (Lipinski definition) is 1. The largest absolute Gasteiger partial charge is 0.488 e. The van der Waals surface area contributed by atoms with Crippen LogP contribution in [-0.2, 0) is 26.0 Å². The molecule has 1 aliphatic rings. The van der Waals surface area contributed by atoms with E-state index in [9.17, 15) is 0 Å². The molecule has 0 amide bonds. The fraction of sp³-hybridized carbons (Fsp3) is 0.412. The van der Waals surface area contributed by atoms with Gasteiger partial charge in [0.15, 0.2) is 0 Å². The molecule has 106 valence electrons. The Kier molecular flexibility index (Phi) is 4.38. The molecule has 0 fully saturated rings. The second-order valence-electron chi connectivity index (χ2n) is 5.32. The number of aryl methyl sites for hydroxylation is 2. The fourth-order valence-electron chi connectivity index (χ4n) is 2.72. The van der Waals surface area contributed by atoms with E-state index >= 15 is 0 Å². The van der Waals surface area contributed by atoms with Gasteiger partial charge in [-0.1, -0.05) is 6.07 Å². The zero-order chi connectivity index (χ0) is 13.8. The quantitative estimate of drug-likeness (QED) is 0.900. The lowest BCUT2D eigenvalue weighted by molar-refractivity contribution is 0.309. The Hall–Kier alpha value is -1.32. The van der Waals surface area contributed by atoms with Gasteiger partial charge < -0.3 is 10.1 Å². The second kappa shape index (κ2) is 6.42. The third-order valence-corrected chi connectivity index (χ3v) is 4.83. The first-order valence-electron chi connectivity index (χ1n) is 7.32. The second-order valence-corrected chi connectivity index (χ2v) is 6.58. The Morgan fingerprint density at radius 1 is 1.05 bits per heavy atom. The Balaban J connectivity index is 1.62. The van der Waals surface area contributed by atoms with E-state index in [4.69, 9.17) is 4.74 Å². The SMILES string of the molecule is CNCc1ccc(COc2ccc3c(c2)CCCC3)s1. The minimum atomic E-state index is 0.674. The minimum Gasteiger partial charge on any atom is -0.488 e. The van der Waals surface area contributed by atoms with Gasteiger partial charge >= 0.3 is 0 Å². The molecule has 1 aliphatic carbocycles. The lowest BCUT2D eigenvalue weighted by atomic mass is 9.92. The minimum absolute atomic E-state index is 0.674. The average Bonchev–Trinajstić information content (AvgIpc) is 2.93. The molecule has 0 aliphatic heterocycles. The van der Waals surface area contributed by atoms with Crippen molar-refractivity contribution in [1.29, 1.82) is 0 Å². The number of hydrogen-bond acceptors (Lipinski definition) is 3. The number of rotatable bonds is 5. The summed E-state index contributed by atoms with van der Waals surface area (Å²) in [6.45, 7) is 1.61. The van der Waals surface area contributed by atoms with Gasteiger partial charge in [0.05, 0.1) is 0 Å². The van der Waals surface area contributed by atoms with Gasteiger partial charge in [0.2, 0.25) is 0 Å². The van der Waals surface area contributed by atoms with Crippen LogP contribution in [0.5, 0.6) is 5.75 Å². The van der Waals surface area contributed by atoms with Crippen LogP contribution in [0.3, 0.4) is 0 Å². The van der Waals surface area contributed by atoms with Crippen molar-refractivity contribution >= 4 is 11.3 Å². The summed E-state index contributed by atoms with van der Waals surface area (Å²) < 4.78 is 5.94. The Labute approximate surface area is 124 Å². The van der Waals surface area contributed by atoms with Gasteiger partial charge in [-0.2, -0.15) is 0 Å². The Morgan fingerprint density at radius 3 is 2.70 bits per heavy atom. The van der Waals surface area contributed by atoms with E-state index in [1.165, 1.54) is 46.6 Å². The van der Waals surface area contributed by atoms with E-state index in [2.05, 4.69) is 35.6 Å². The maximum absolute atomic E-state index is 5.94. The summed E-state index contributed by atoms with van der Waals surface area (Å²) in [5, 5.41) is 3.17. The van der Waals surface area contributed by atoms with E-state index in [1.54, 1.807) is 0 Å². The van der Waals surface area contributed by atoms with E-state index < -0.39 is 0 Å². The van der Waals surface area contributed by atoms with Crippen LogP contribution in [0.1, 0.15) is 33.7 Å². The molecule has 0 spiro atoms. The third-order valence-electron chi connectivity index (χ3n) is 3.77. The van der Waals surface area contributed by atoms with E-state index in [0.29, 0.717) is 6.61 Å². The summed E-state index contributed by atoms with van der Waals surface area (Å²) in [7, 11) is 1.98. The highest BCUT2D eigenvalue weighted by Gasteiger charge is 2.10. The zero-order valence-electron chi connectivity index (χ0n) is 11.9. The van der Waals surface area contributed by atoms with Gasteiger partial charge in [0.25, 0.3) is 0 Å². The summed E-state index contributed by atoms with van der Waals surface area (Å²) in [5.41, 5.74) is 2.99. The predicted octanol–water partition coefficient (Wildman–Crippen LogP) is 3.93. The molecule has 1 aromatic carbocycles. The van der Waals surface area contributed by atoms with Crippen molar-refractivity contribution in [2.45, 2.75) is 38.8 Å². The van der Waals surface area contributed by atoms with Crippen LogP contribution in [-0.4, -0.2) is 7.05 Å². The normalized spacial score (nSPS) is 14.1. The van der Waals surface area contributed by atoms with Crippen molar-refractivity contribution in [2.24, 2.45) is 0 Å². The van der Waals surface area contributed by atoms with E-state index in [1.807, 2.05) is 18.4 Å². The molecule has 2 aromatic rings. The topological polar surface area (TPSA) is 21.3 Å². The molecule has 0 radical (unpaired) electrons. The molecule has 3 rings (SSSR count). The number of thiophene rings is 1. The summed E-state index contributed by atoms with van der Waals surface area (Å²) >= 11 is 1.82. The van der Waals surface area contributed by atoms with Crippen LogP contribution >= 0.6 is 11.3 Å². The number of fused-ring (bicyclic) bond motifs is 1. The van der Waals surface area contributed by atoms with E-state index in [0.717, 1.165) is 12.3 Å². The van der Waals surface area contributed by atoms with Crippen molar-refractivity contribution in [3.63, 3.8) is 0 Å². The van der Waals surface area contributed by atoms with Gasteiger partial charge in [-0.15, -0.1) is 11.3 Å². The lowest BCUT2D eigenvalue weighted by Gasteiger charge is -2.16. The molecule has 20 heavy (non-hydrogen) atoms. The average molecular weight is 287 g/mol. The number of ether oxygens (including phenoxy) is 1. The monoisotopic (exact) mass is 287 g/mol. The van der Waals surface area contributed by atoms with Gasteiger partial charge in [-0.05, 0) is 68.1 Å². The van der Waals surface area contributed by atoms with Crippen LogP contribution in [0.25, 0.3) is 0 Å². The van der Waals surface area contributed by atoms with E-state index in [-0.39, 0.29) is 0 Å². The first-order chi connectivity index (χ1) is 9.85. The molecule has 0 saturated carbocycles. The first-order valence-corrected chi connectivity index (χ1v) is 8.13.